The molecule has 1 aromatic carbocycles. The summed E-state index contributed by atoms with van der Waals surface area (Å²) in [6, 6.07) is 7.55. The van der Waals surface area contributed by atoms with Gasteiger partial charge in [-0.1, -0.05) is 28.1 Å². The molecule has 2 N–H and O–H groups in total. The number of fused-ring (bicyclic) bond motifs is 2. The number of aliphatic carboxylic acids is 1. The number of thiophene rings is 1. The zero-order chi connectivity index (χ0) is 22.3. The Morgan fingerprint density at radius 1 is 1.13 bits per heavy atom. The van der Waals surface area contributed by atoms with Crippen LogP contribution in [0, 0.1) is 23.7 Å². The number of rotatable bonds is 6. The number of benzene rings is 1. The molecule has 4 atom stereocenters. The van der Waals surface area contributed by atoms with Gasteiger partial charge in [0.1, 0.15) is 10.6 Å². The highest BCUT2D eigenvalue weighted by Crippen LogP contribution is 2.53. The molecule has 2 bridgehead atoms. The van der Waals surface area contributed by atoms with E-state index in [-0.39, 0.29) is 23.8 Å². The van der Waals surface area contributed by atoms with Crippen molar-refractivity contribution < 1.29 is 24.2 Å². The molecule has 0 spiro atoms. The highest BCUT2D eigenvalue weighted by atomic mass is 79.9. The average molecular weight is 506 g/mol. The zero-order valence-electron chi connectivity index (χ0n) is 17.3. The first-order valence-electron chi connectivity index (χ1n) is 10.4. The van der Waals surface area contributed by atoms with E-state index in [1.807, 2.05) is 29.6 Å². The number of anilines is 1. The van der Waals surface area contributed by atoms with Gasteiger partial charge in [0.15, 0.2) is 0 Å². The first kappa shape index (κ1) is 22.0. The number of carboxylic acids is 1. The van der Waals surface area contributed by atoms with Crippen LogP contribution in [-0.2, 0) is 14.3 Å². The van der Waals surface area contributed by atoms with Gasteiger partial charge in [0.25, 0.3) is 0 Å². The Labute approximate surface area is 193 Å². The molecule has 0 saturated heterocycles. The normalized spacial score (nSPS) is 24.4. The summed E-state index contributed by atoms with van der Waals surface area (Å²) in [5, 5.41) is 14.8. The number of nitrogens with one attached hydrogen (secondary N) is 1. The fraction of sp³-hybridized carbons (Fsp3) is 0.435. The topological polar surface area (TPSA) is 92.7 Å². The van der Waals surface area contributed by atoms with Crippen LogP contribution in [0.4, 0.5) is 5.00 Å². The predicted molar refractivity (Wildman–Crippen MR) is 122 cm³/mol. The number of carboxylic acid groups (broad SMARTS) is 1. The van der Waals surface area contributed by atoms with E-state index in [1.54, 1.807) is 13.8 Å². The molecule has 6 nitrogen and oxygen atoms in total. The number of carbonyl (C=O) groups is 3. The minimum Gasteiger partial charge on any atom is -0.481 e. The van der Waals surface area contributed by atoms with Crippen LogP contribution < -0.4 is 5.32 Å². The van der Waals surface area contributed by atoms with Crippen molar-refractivity contribution in [2.75, 3.05) is 5.32 Å². The molecule has 0 radical (unpaired) electrons. The van der Waals surface area contributed by atoms with Gasteiger partial charge in [-0.25, -0.2) is 4.79 Å². The second kappa shape index (κ2) is 8.74. The number of halogens is 1. The van der Waals surface area contributed by atoms with Crippen molar-refractivity contribution in [3.63, 3.8) is 0 Å². The summed E-state index contributed by atoms with van der Waals surface area (Å²) in [5.41, 5.74) is 1.82. The van der Waals surface area contributed by atoms with Crippen molar-refractivity contribution in [2.24, 2.45) is 23.7 Å². The average Bonchev–Trinajstić information content (AvgIpc) is 3.42. The van der Waals surface area contributed by atoms with Crippen LogP contribution in [0.3, 0.4) is 0 Å². The van der Waals surface area contributed by atoms with Crippen LogP contribution in [0.25, 0.3) is 11.1 Å². The van der Waals surface area contributed by atoms with E-state index in [0.717, 1.165) is 29.3 Å². The Hall–Kier alpha value is -2.19. The van der Waals surface area contributed by atoms with Crippen LogP contribution in [0.5, 0.6) is 0 Å². The molecule has 0 unspecified atom stereocenters. The molecule has 31 heavy (non-hydrogen) atoms. The third-order valence-electron chi connectivity index (χ3n) is 6.23. The summed E-state index contributed by atoms with van der Waals surface area (Å²) in [4.78, 5) is 37.9. The van der Waals surface area contributed by atoms with Crippen molar-refractivity contribution in [1.82, 2.24) is 0 Å². The van der Waals surface area contributed by atoms with Crippen LogP contribution >= 0.6 is 27.3 Å². The van der Waals surface area contributed by atoms with Crippen molar-refractivity contribution in [3.05, 3.63) is 39.7 Å². The molecule has 164 valence electrons. The Balaban J connectivity index is 1.66. The van der Waals surface area contributed by atoms with Gasteiger partial charge in [0.2, 0.25) is 5.91 Å². The van der Waals surface area contributed by atoms with Crippen molar-refractivity contribution in [3.8, 4) is 11.1 Å². The Morgan fingerprint density at radius 3 is 2.39 bits per heavy atom. The summed E-state index contributed by atoms with van der Waals surface area (Å²) >= 11 is 4.67. The molecule has 2 aromatic rings. The largest absolute Gasteiger partial charge is 0.481 e. The quantitative estimate of drug-likeness (QED) is 0.510. The molecule has 0 aliphatic heterocycles. The first-order chi connectivity index (χ1) is 14.8. The van der Waals surface area contributed by atoms with E-state index in [2.05, 4.69) is 21.2 Å². The third-order valence-corrected chi connectivity index (χ3v) is 7.66. The molecule has 2 saturated carbocycles. The van der Waals surface area contributed by atoms with Gasteiger partial charge in [0.05, 0.1) is 17.9 Å². The molecular formula is C23H24BrNO5S. The fourth-order valence-corrected chi connectivity index (χ4v) is 6.21. The first-order valence-corrected chi connectivity index (χ1v) is 12.1. The second-order valence-electron chi connectivity index (χ2n) is 8.53. The number of hydrogen-bond donors (Lipinski definition) is 2. The highest BCUT2D eigenvalue weighted by Gasteiger charge is 2.54. The second-order valence-corrected chi connectivity index (χ2v) is 10.3. The summed E-state index contributed by atoms with van der Waals surface area (Å²) in [7, 11) is 0. The van der Waals surface area contributed by atoms with Gasteiger partial charge in [-0.15, -0.1) is 11.3 Å². The maximum Gasteiger partial charge on any atom is 0.342 e. The van der Waals surface area contributed by atoms with E-state index in [9.17, 15) is 19.5 Å². The molecule has 4 rings (SSSR count). The lowest BCUT2D eigenvalue weighted by atomic mass is 9.79. The SMILES string of the molecule is CC(C)OC(=O)c1c(-c2ccc(Br)cc2)csc1NC(=O)[C@H]1[C@@H]2CC[C@@H](C2)[C@@H]1C(=O)O. The van der Waals surface area contributed by atoms with E-state index in [1.165, 1.54) is 11.3 Å². The van der Waals surface area contributed by atoms with Crippen molar-refractivity contribution in [2.45, 2.75) is 39.2 Å². The maximum absolute atomic E-state index is 13.2. The lowest BCUT2D eigenvalue weighted by Gasteiger charge is -2.27. The minimum atomic E-state index is -0.909. The van der Waals surface area contributed by atoms with E-state index < -0.39 is 23.8 Å². The number of ether oxygens (including phenoxy) is 1. The molecule has 1 aromatic heterocycles. The Bertz CT molecular complexity index is 1020. The van der Waals surface area contributed by atoms with Crippen LogP contribution in [0.1, 0.15) is 43.5 Å². The molecule has 8 heteroatoms. The smallest absolute Gasteiger partial charge is 0.342 e. The highest BCUT2D eigenvalue weighted by molar-refractivity contribution is 9.10. The van der Waals surface area contributed by atoms with Gasteiger partial charge in [0, 0.05) is 15.4 Å². The fourth-order valence-electron chi connectivity index (χ4n) is 4.99. The monoisotopic (exact) mass is 505 g/mol. The van der Waals surface area contributed by atoms with Crippen LogP contribution in [0.2, 0.25) is 0 Å². The third kappa shape index (κ3) is 4.28. The Kier molecular flexibility index (Phi) is 6.21. The molecule has 2 aliphatic carbocycles. The molecule has 2 fully saturated rings. The number of carbonyl (C=O) groups excluding carboxylic acids is 2. The van der Waals surface area contributed by atoms with Gasteiger partial charge >= 0.3 is 11.9 Å². The molecule has 2 aliphatic rings. The maximum atomic E-state index is 13.2. The summed E-state index contributed by atoms with van der Waals surface area (Å²) < 4.78 is 6.37. The standard InChI is InChI=1S/C23H24BrNO5S/c1-11(2)30-23(29)19-16(12-5-7-15(24)8-6-12)10-31-21(19)25-20(26)17-13-3-4-14(9-13)18(17)22(27)28/h5-8,10-11,13-14,17-18H,3-4,9H2,1-2H3,(H,25,26)(H,27,28)/t13-,14+,17+,18+/m1/s1. The lowest BCUT2D eigenvalue weighted by molar-refractivity contribution is -0.148. The van der Waals surface area contributed by atoms with Gasteiger partial charge < -0.3 is 15.2 Å². The van der Waals surface area contributed by atoms with Crippen LogP contribution in [0.15, 0.2) is 34.1 Å². The molecular weight excluding hydrogens is 482 g/mol. The van der Waals surface area contributed by atoms with Gasteiger partial charge in [-0.3, -0.25) is 9.59 Å². The predicted octanol–water partition coefficient (Wildman–Crippen LogP) is 5.43. The van der Waals surface area contributed by atoms with Gasteiger partial charge in [-0.2, -0.15) is 0 Å². The van der Waals surface area contributed by atoms with Crippen molar-refractivity contribution in [1.29, 1.82) is 0 Å². The van der Waals surface area contributed by atoms with Crippen LogP contribution in [-0.4, -0.2) is 29.1 Å². The Morgan fingerprint density at radius 2 is 1.77 bits per heavy atom. The van der Waals surface area contributed by atoms with E-state index in [4.69, 9.17) is 4.74 Å². The summed E-state index contributed by atoms with van der Waals surface area (Å²) in [6.45, 7) is 3.54. The van der Waals surface area contributed by atoms with Gasteiger partial charge in [-0.05, 0) is 62.6 Å². The van der Waals surface area contributed by atoms with E-state index in [0.29, 0.717) is 16.1 Å². The lowest BCUT2D eigenvalue weighted by Crippen LogP contribution is -2.38. The summed E-state index contributed by atoms with van der Waals surface area (Å²) in [6.07, 6.45) is 2.22. The molecule has 1 amide bonds. The number of hydrogen-bond acceptors (Lipinski definition) is 5. The number of esters is 1. The summed E-state index contributed by atoms with van der Waals surface area (Å²) in [5.74, 6) is -2.81. The molecule has 1 heterocycles. The zero-order valence-corrected chi connectivity index (χ0v) is 19.7. The minimum absolute atomic E-state index is 0.0605. The number of amides is 1. The van der Waals surface area contributed by atoms with E-state index >= 15 is 0 Å². The van der Waals surface area contributed by atoms with Crippen molar-refractivity contribution >= 4 is 50.1 Å².